The maximum absolute atomic E-state index is 5.96. The molecule has 2 N–H and O–H groups in total. The lowest BCUT2D eigenvalue weighted by molar-refractivity contribution is 0.233. The van der Waals surface area contributed by atoms with Crippen molar-refractivity contribution in [2.45, 2.75) is 24.8 Å². The number of aromatic nitrogens is 2. The van der Waals surface area contributed by atoms with Gasteiger partial charge in [0.1, 0.15) is 12.1 Å². The molecule has 5 nitrogen and oxygen atoms in total. The lowest BCUT2D eigenvalue weighted by Crippen LogP contribution is -2.10. The second kappa shape index (κ2) is 6.47. The van der Waals surface area contributed by atoms with E-state index in [1.165, 1.54) is 6.33 Å². The minimum atomic E-state index is -0.0130. The minimum Gasteiger partial charge on any atom is -0.473 e. The third-order valence-corrected chi connectivity index (χ3v) is 3.18. The maximum Gasteiger partial charge on any atom is 0.249 e. The van der Waals surface area contributed by atoms with Crippen LogP contribution in [0.5, 0.6) is 17.5 Å². The van der Waals surface area contributed by atoms with Crippen LogP contribution in [0, 0.1) is 0 Å². The third-order valence-electron chi connectivity index (χ3n) is 2.43. The zero-order valence-corrected chi connectivity index (χ0v) is 12.5. The highest BCUT2D eigenvalue weighted by molar-refractivity contribution is 7.98. The van der Waals surface area contributed by atoms with E-state index in [1.54, 1.807) is 11.8 Å². The van der Waals surface area contributed by atoms with Gasteiger partial charge in [-0.3, -0.25) is 0 Å². The van der Waals surface area contributed by atoms with E-state index in [2.05, 4.69) is 9.97 Å². The van der Waals surface area contributed by atoms with Gasteiger partial charge in [-0.15, -0.1) is 11.8 Å². The number of anilines is 1. The molecule has 0 atom stereocenters. The summed E-state index contributed by atoms with van der Waals surface area (Å²) in [5, 5.41) is 0. The van der Waals surface area contributed by atoms with Crippen LogP contribution in [-0.2, 0) is 0 Å². The summed E-state index contributed by atoms with van der Waals surface area (Å²) in [5.41, 5.74) is 6.26. The summed E-state index contributed by atoms with van der Waals surface area (Å²) in [5.74, 6) is 1.31. The van der Waals surface area contributed by atoms with E-state index in [0.29, 0.717) is 23.2 Å². The SMILES string of the molecule is CSc1ccc(Oc2ncnc(OC(C)C)c2N)cc1. The van der Waals surface area contributed by atoms with Gasteiger partial charge in [-0.25, -0.2) is 0 Å². The molecule has 0 unspecified atom stereocenters. The number of ether oxygens (including phenoxy) is 2. The molecule has 0 saturated carbocycles. The van der Waals surface area contributed by atoms with Gasteiger partial charge in [0.05, 0.1) is 6.10 Å². The lowest BCUT2D eigenvalue weighted by Gasteiger charge is -2.13. The molecule has 0 aliphatic carbocycles. The molecule has 1 aromatic heterocycles. The quantitative estimate of drug-likeness (QED) is 0.852. The van der Waals surface area contributed by atoms with Gasteiger partial charge in [-0.1, -0.05) is 0 Å². The molecular formula is C14H17N3O2S. The minimum absolute atomic E-state index is 0.0130. The zero-order valence-electron chi connectivity index (χ0n) is 11.7. The monoisotopic (exact) mass is 291 g/mol. The van der Waals surface area contributed by atoms with Crippen LogP contribution in [0.1, 0.15) is 13.8 Å². The van der Waals surface area contributed by atoms with Gasteiger partial charge in [0, 0.05) is 4.90 Å². The molecule has 1 heterocycles. The smallest absolute Gasteiger partial charge is 0.249 e. The molecule has 0 aliphatic heterocycles. The molecule has 1 aromatic carbocycles. The molecule has 0 saturated heterocycles. The van der Waals surface area contributed by atoms with Gasteiger partial charge in [0.15, 0.2) is 5.69 Å². The normalized spacial score (nSPS) is 10.6. The molecule has 0 spiro atoms. The second-order valence-electron chi connectivity index (χ2n) is 4.34. The zero-order chi connectivity index (χ0) is 14.5. The van der Waals surface area contributed by atoms with Gasteiger partial charge >= 0.3 is 0 Å². The Labute approximate surface area is 122 Å². The highest BCUT2D eigenvalue weighted by Gasteiger charge is 2.12. The van der Waals surface area contributed by atoms with E-state index in [0.717, 1.165) is 4.90 Å². The Morgan fingerprint density at radius 1 is 1.10 bits per heavy atom. The highest BCUT2D eigenvalue weighted by atomic mass is 32.2. The Morgan fingerprint density at radius 2 is 1.75 bits per heavy atom. The molecule has 20 heavy (non-hydrogen) atoms. The number of benzene rings is 1. The number of rotatable bonds is 5. The van der Waals surface area contributed by atoms with E-state index in [4.69, 9.17) is 15.2 Å². The largest absolute Gasteiger partial charge is 0.473 e. The first-order valence-electron chi connectivity index (χ1n) is 6.19. The number of nitrogens with zero attached hydrogens (tertiary/aromatic N) is 2. The summed E-state index contributed by atoms with van der Waals surface area (Å²) in [6.07, 6.45) is 3.38. The Bertz CT molecular complexity index is 573. The summed E-state index contributed by atoms with van der Waals surface area (Å²) in [6.45, 7) is 3.81. The first-order chi connectivity index (χ1) is 9.60. The Morgan fingerprint density at radius 3 is 2.35 bits per heavy atom. The van der Waals surface area contributed by atoms with Crippen molar-refractivity contribution in [3.63, 3.8) is 0 Å². The molecule has 0 radical (unpaired) electrons. The Kier molecular flexibility index (Phi) is 4.68. The fourth-order valence-electron chi connectivity index (χ4n) is 1.52. The summed E-state index contributed by atoms with van der Waals surface area (Å²) in [4.78, 5) is 9.21. The molecule has 2 rings (SSSR count). The summed E-state index contributed by atoms with van der Waals surface area (Å²) in [7, 11) is 0. The van der Waals surface area contributed by atoms with Crippen LogP contribution < -0.4 is 15.2 Å². The van der Waals surface area contributed by atoms with Crippen LogP contribution in [0.4, 0.5) is 5.69 Å². The third kappa shape index (κ3) is 3.54. The van der Waals surface area contributed by atoms with Gasteiger partial charge in [-0.2, -0.15) is 9.97 Å². The average molecular weight is 291 g/mol. The lowest BCUT2D eigenvalue weighted by atomic mass is 10.3. The molecule has 0 amide bonds. The molecule has 0 bridgehead atoms. The van der Waals surface area contributed by atoms with E-state index >= 15 is 0 Å². The van der Waals surface area contributed by atoms with E-state index in [-0.39, 0.29) is 6.10 Å². The predicted molar refractivity (Wildman–Crippen MR) is 80.5 cm³/mol. The van der Waals surface area contributed by atoms with Crippen LogP contribution in [0.3, 0.4) is 0 Å². The van der Waals surface area contributed by atoms with Crippen molar-refractivity contribution >= 4 is 17.4 Å². The molecule has 0 aliphatic rings. The number of thioether (sulfide) groups is 1. The summed E-state index contributed by atoms with van der Waals surface area (Å²) >= 11 is 1.67. The molecular weight excluding hydrogens is 274 g/mol. The van der Waals surface area contributed by atoms with Crippen molar-refractivity contribution in [1.29, 1.82) is 0 Å². The summed E-state index contributed by atoms with van der Waals surface area (Å²) < 4.78 is 11.2. The average Bonchev–Trinajstić information content (AvgIpc) is 2.43. The molecule has 6 heteroatoms. The number of hydrogen-bond acceptors (Lipinski definition) is 6. The number of hydrogen-bond donors (Lipinski definition) is 1. The van der Waals surface area contributed by atoms with Crippen LogP contribution in [0.15, 0.2) is 35.5 Å². The predicted octanol–water partition coefficient (Wildman–Crippen LogP) is 3.36. The highest BCUT2D eigenvalue weighted by Crippen LogP contribution is 2.31. The van der Waals surface area contributed by atoms with Crippen LogP contribution >= 0.6 is 11.8 Å². The van der Waals surface area contributed by atoms with Crippen molar-refractivity contribution in [3.05, 3.63) is 30.6 Å². The van der Waals surface area contributed by atoms with Crippen molar-refractivity contribution in [2.24, 2.45) is 0 Å². The van der Waals surface area contributed by atoms with Crippen LogP contribution in [0.2, 0.25) is 0 Å². The van der Waals surface area contributed by atoms with E-state index in [1.807, 2.05) is 44.4 Å². The maximum atomic E-state index is 5.96. The Balaban J connectivity index is 2.20. The topological polar surface area (TPSA) is 70.3 Å². The number of nitrogen functional groups attached to an aromatic ring is 1. The second-order valence-corrected chi connectivity index (χ2v) is 5.22. The van der Waals surface area contributed by atoms with Crippen molar-refractivity contribution < 1.29 is 9.47 Å². The molecule has 0 fully saturated rings. The van der Waals surface area contributed by atoms with Gasteiger partial charge < -0.3 is 15.2 Å². The number of nitrogens with two attached hydrogens (primary N) is 1. The van der Waals surface area contributed by atoms with Crippen molar-refractivity contribution in [3.8, 4) is 17.5 Å². The Hall–Kier alpha value is -1.95. The van der Waals surface area contributed by atoms with Gasteiger partial charge in [0.2, 0.25) is 11.8 Å². The van der Waals surface area contributed by atoms with Crippen LogP contribution in [0.25, 0.3) is 0 Å². The first-order valence-corrected chi connectivity index (χ1v) is 7.41. The fourth-order valence-corrected chi connectivity index (χ4v) is 1.93. The van der Waals surface area contributed by atoms with Gasteiger partial charge in [0.25, 0.3) is 0 Å². The van der Waals surface area contributed by atoms with Gasteiger partial charge in [-0.05, 0) is 44.4 Å². The van der Waals surface area contributed by atoms with Crippen molar-refractivity contribution in [1.82, 2.24) is 9.97 Å². The van der Waals surface area contributed by atoms with E-state index in [9.17, 15) is 0 Å². The first kappa shape index (κ1) is 14.5. The van der Waals surface area contributed by atoms with Crippen molar-refractivity contribution in [2.75, 3.05) is 12.0 Å². The summed E-state index contributed by atoms with van der Waals surface area (Å²) in [6, 6.07) is 7.69. The molecule has 2 aromatic rings. The standard InChI is InChI=1S/C14H17N3O2S/c1-9(2)18-13-12(15)14(17-8-16-13)19-10-4-6-11(20-3)7-5-10/h4-9H,15H2,1-3H3. The fraction of sp³-hybridized carbons (Fsp3) is 0.286. The van der Waals surface area contributed by atoms with Crippen LogP contribution in [-0.4, -0.2) is 22.3 Å². The van der Waals surface area contributed by atoms with E-state index < -0.39 is 0 Å². The molecule has 106 valence electrons.